The number of carbonyl (C=O) groups excluding carboxylic acids is 1. The lowest BCUT2D eigenvalue weighted by atomic mass is 10.0. The van der Waals surface area contributed by atoms with E-state index in [1.807, 2.05) is 65.6 Å². The van der Waals surface area contributed by atoms with Gasteiger partial charge in [-0.15, -0.1) is 0 Å². The minimum Gasteiger partial charge on any atom is -0.612 e. The van der Waals surface area contributed by atoms with Crippen LogP contribution in [0.2, 0.25) is 5.02 Å². The van der Waals surface area contributed by atoms with Crippen LogP contribution in [0.4, 0.5) is 10.5 Å². The molecule has 4 rings (SSSR count). The lowest BCUT2D eigenvalue weighted by Gasteiger charge is -2.35. The Morgan fingerprint density at radius 3 is 2.41 bits per heavy atom. The van der Waals surface area contributed by atoms with Crippen LogP contribution in [0.3, 0.4) is 0 Å². The average Bonchev–Trinajstić information content (AvgIpc) is 2.79. The number of halogens is 1. The van der Waals surface area contributed by atoms with Gasteiger partial charge in [0.25, 0.3) is 0 Å². The molecular formula is C26H23ClN2O2S. The van der Waals surface area contributed by atoms with Crippen molar-refractivity contribution in [2.45, 2.75) is 24.4 Å². The van der Waals surface area contributed by atoms with Gasteiger partial charge in [-0.1, -0.05) is 47.7 Å². The third kappa shape index (κ3) is 5.11. The first-order valence-electron chi connectivity index (χ1n) is 10.2. The summed E-state index contributed by atoms with van der Waals surface area (Å²) in [5.74, 6) is 6.45. The van der Waals surface area contributed by atoms with Crippen molar-refractivity contribution < 1.29 is 9.35 Å². The smallest absolute Gasteiger partial charge is 0.324 e. The topological polar surface area (TPSA) is 46.6 Å². The van der Waals surface area contributed by atoms with Crippen LogP contribution in [0.15, 0.2) is 71.6 Å². The summed E-state index contributed by atoms with van der Waals surface area (Å²) in [5.41, 5.74) is 5.02. The Kier molecular flexibility index (Phi) is 6.76. The second-order valence-electron chi connectivity index (χ2n) is 7.74. The van der Waals surface area contributed by atoms with Gasteiger partial charge >= 0.3 is 6.03 Å². The Balaban J connectivity index is 1.49. The van der Waals surface area contributed by atoms with Gasteiger partial charge in [-0.05, 0) is 70.3 Å². The fraction of sp³-hybridized carbons (Fsp3) is 0.192. The van der Waals surface area contributed by atoms with E-state index in [9.17, 15) is 9.35 Å². The fourth-order valence-corrected chi connectivity index (χ4v) is 4.33. The quantitative estimate of drug-likeness (QED) is 0.393. The van der Waals surface area contributed by atoms with Crippen LogP contribution < -0.4 is 4.90 Å². The number of nitrogens with zero attached hydrogens (tertiary/aromatic N) is 2. The number of benzene rings is 3. The zero-order valence-corrected chi connectivity index (χ0v) is 19.5. The van der Waals surface area contributed by atoms with Crippen LogP contribution in [-0.4, -0.2) is 28.8 Å². The molecule has 0 aliphatic carbocycles. The highest BCUT2D eigenvalue weighted by Crippen LogP contribution is 2.29. The Hall–Kier alpha value is -2.91. The molecule has 0 fully saturated rings. The summed E-state index contributed by atoms with van der Waals surface area (Å²) in [5, 5.41) is 0.718. The number of anilines is 1. The summed E-state index contributed by atoms with van der Waals surface area (Å²) in [6, 6.07) is 21.2. The molecule has 6 heteroatoms. The van der Waals surface area contributed by atoms with Gasteiger partial charge in [-0.3, -0.25) is 4.90 Å². The van der Waals surface area contributed by atoms with E-state index in [2.05, 4.69) is 17.9 Å². The highest BCUT2D eigenvalue weighted by Gasteiger charge is 2.27. The van der Waals surface area contributed by atoms with Crippen LogP contribution in [0.5, 0.6) is 0 Å². The molecule has 162 valence electrons. The molecule has 4 nitrogen and oxygen atoms in total. The summed E-state index contributed by atoms with van der Waals surface area (Å²) in [6.45, 7) is 1.01. The van der Waals surface area contributed by atoms with Crippen molar-refractivity contribution in [1.82, 2.24) is 4.90 Å². The second kappa shape index (κ2) is 9.70. The number of rotatable bonds is 4. The number of hydrogen-bond acceptors (Lipinski definition) is 2. The Morgan fingerprint density at radius 2 is 1.72 bits per heavy atom. The van der Waals surface area contributed by atoms with Crippen molar-refractivity contribution >= 4 is 34.5 Å². The maximum absolute atomic E-state index is 12.9. The molecule has 1 atom stereocenters. The second-order valence-corrected chi connectivity index (χ2v) is 9.56. The van der Waals surface area contributed by atoms with Crippen LogP contribution in [0.1, 0.15) is 22.3 Å². The van der Waals surface area contributed by atoms with E-state index in [-0.39, 0.29) is 6.03 Å². The monoisotopic (exact) mass is 462 g/mol. The fourth-order valence-electron chi connectivity index (χ4n) is 3.69. The molecule has 1 unspecified atom stereocenters. The van der Waals surface area contributed by atoms with E-state index in [1.54, 1.807) is 18.2 Å². The van der Waals surface area contributed by atoms with Crippen molar-refractivity contribution in [1.29, 1.82) is 0 Å². The molecule has 32 heavy (non-hydrogen) atoms. The molecule has 0 saturated carbocycles. The third-order valence-corrected chi connectivity index (χ3v) is 6.61. The van der Waals surface area contributed by atoms with E-state index >= 15 is 0 Å². The zero-order chi connectivity index (χ0) is 22.7. The van der Waals surface area contributed by atoms with Gasteiger partial charge in [0.1, 0.15) is 6.26 Å². The van der Waals surface area contributed by atoms with Crippen LogP contribution in [0.25, 0.3) is 0 Å². The molecule has 3 aromatic carbocycles. The first-order valence-corrected chi connectivity index (χ1v) is 12.2. The van der Waals surface area contributed by atoms with Gasteiger partial charge in [-0.2, -0.15) is 0 Å². The standard InChI is InChI=1S/C26H23ClN2O2S/c1-28-25-15-10-20(5-3-4-19-6-11-23(27)12-7-19)16-22(25)18-29(26(28)30)17-21-8-13-24(14-9-21)32(2)31/h6-16H,4,17-18H2,1-2H3. The van der Waals surface area contributed by atoms with Gasteiger partial charge in [0.2, 0.25) is 0 Å². The number of fused-ring (bicyclic) bond motifs is 1. The molecule has 0 aromatic heterocycles. The van der Waals surface area contributed by atoms with E-state index < -0.39 is 11.2 Å². The maximum atomic E-state index is 12.9. The molecular weight excluding hydrogens is 440 g/mol. The number of urea groups is 1. The summed E-state index contributed by atoms with van der Waals surface area (Å²) < 4.78 is 11.6. The molecule has 0 radical (unpaired) electrons. The summed E-state index contributed by atoms with van der Waals surface area (Å²) in [6.07, 6.45) is 2.31. The number of hydrogen-bond donors (Lipinski definition) is 0. The van der Waals surface area contributed by atoms with Crippen molar-refractivity contribution in [2.75, 3.05) is 18.2 Å². The van der Waals surface area contributed by atoms with Gasteiger partial charge in [0.05, 0.1) is 5.69 Å². The highest BCUT2D eigenvalue weighted by molar-refractivity contribution is 7.90. The molecule has 3 aromatic rings. The predicted octanol–water partition coefficient (Wildman–Crippen LogP) is 5.24. The maximum Gasteiger partial charge on any atom is 0.324 e. The lowest BCUT2D eigenvalue weighted by Crippen LogP contribution is -2.44. The van der Waals surface area contributed by atoms with Crippen LogP contribution in [0, 0.1) is 11.8 Å². The first kappa shape index (κ1) is 22.3. The van der Waals surface area contributed by atoms with Crippen LogP contribution in [-0.2, 0) is 30.7 Å². The van der Waals surface area contributed by atoms with Crippen LogP contribution >= 0.6 is 11.6 Å². The molecule has 0 bridgehead atoms. The van der Waals surface area contributed by atoms with Crippen molar-refractivity contribution in [3.8, 4) is 11.8 Å². The van der Waals surface area contributed by atoms with Crippen molar-refractivity contribution in [3.63, 3.8) is 0 Å². The Labute approximate surface area is 197 Å². The average molecular weight is 463 g/mol. The molecule has 1 heterocycles. The first-order chi connectivity index (χ1) is 15.4. The number of carbonyl (C=O) groups is 1. The van der Waals surface area contributed by atoms with E-state index in [0.717, 1.165) is 37.9 Å². The van der Waals surface area contributed by atoms with Crippen molar-refractivity contribution in [2.24, 2.45) is 0 Å². The van der Waals surface area contributed by atoms with Gasteiger partial charge in [0, 0.05) is 37.1 Å². The van der Waals surface area contributed by atoms with Gasteiger partial charge in [-0.25, -0.2) is 4.79 Å². The van der Waals surface area contributed by atoms with Gasteiger partial charge < -0.3 is 9.45 Å². The lowest BCUT2D eigenvalue weighted by molar-refractivity contribution is 0.197. The zero-order valence-electron chi connectivity index (χ0n) is 18.0. The molecule has 0 N–H and O–H groups in total. The predicted molar refractivity (Wildman–Crippen MR) is 130 cm³/mol. The summed E-state index contributed by atoms with van der Waals surface area (Å²) in [7, 11) is 1.79. The highest BCUT2D eigenvalue weighted by atomic mass is 35.5. The molecule has 2 amide bonds. The minimum absolute atomic E-state index is 0.0396. The van der Waals surface area contributed by atoms with Crippen molar-refractivity contribution in [3.05, 3.63) is 94.0 Å². The SMILES string of the molecule is CN1C(=O)N(Cc2ccc([S+](C)[O-])cc2)Cc2cc(C#CCc3ccc(Cl)cc3)ccc21. The largest absolute Gasteiger partial charge is 0.612 e. The molecule has 0 spiro atoms. The summed E-state index contributed by atoms with van der Waals surface area (Å²) >= 11 is 4.92. The van der Waals surface area contributed by atoms with E-state index in [4.69, 9.17) is 11.6 Å². The molecule has 0 saturated heterocycles. The molecule has 1 aliphatic rings. The number of amides is 2. The summed E-state index contributed by atoms with van der Waals surface area (Å²) in [4.78, 5) is 17.1. The van der Waals surface area contributed by atoms with Gasteiger partial charge in [0.15, 0.2) is 4.90 Å². The normalized spacial score (nSPS) is 13.9. The Bertz CT molecular complexity index is 1180. The van der Waals surface area contributed by atoms with E-state index in [1.165, 1.54) is 0 Å². The third-order valence-electron chi connectivity index (χ3n) is 5.43. The molecule has 1 aliphatic heterocycles. The minimum atomic E-state index is -1.01. The Morgan fingerprint density at radius 1 is 1.03 bits per heavy atom. The van der Waals surface area contributed by atoms with E-state index in [0.29, 0.717) is 19.5 Å².